The van der Waals surface area contributed by atoms with Crippen molar-refractivity contribution in [2.24, 2.45) is 5.73 Å². The van der Waals surface area contributed by atoms with Crippen LogP contribution in [-0.2, 0) is 47.6 Å². The van der Waals surface area contributed by atoms with Gasteiger partial charge in [0.2, 0.25) is 5.91 Å². The summed E-state index contributed by atoms with van der Waals surface area (Å²) in [6.07, 6.45) is -0.00837. The van der Waals surface area contributed by atoms with E-state index in [1.807, 2.05) is 0 Å². The second-order valence-electron chi connectivity index (χ2n) is 12.2. The predicted molar refractivity (Wildman–Crippen MR) is 144 cm³/mol. The fourth-order valence-corrected chi connectivity index (χ4v) is 3.03. The van der Waals surface area contributed by atoms with Gasteiger partial charge in [-0.25, -0.2) is 0 Å². The first-order valence-corrected chi connectivity index (χ1v) is 13.2. The van der Waals surface area contributed by atoms with Crippen molar-refractivity contribution in [3.05, 3.63) is 0 Å². The summed E-state index contributed by atoms with van der Waals surface area (Å²) in [6, 6.07) is 0. The zero-order valence-corrected chi connectivity index (χ0v) is 25.2. The maximum absolute atomic E-state index is 12.3. The van der Waals surface area contributed by atoms with Crippen molar-refractivity contribution >= 4 is 23.8 Å². The van der Waals surface area contributed by atoms with Crippen molar-refractivity contribution < 1.29 is 47.6 Å². The van der Waals surface area contributed by atoms with Crippen molar-refractivity contribution in [1.82, 2.24) is 5.32 Å². The lowest BCUT2D eigenvalue weighted by Gasteiger charge is -2.34. The highest BCUT2D eigenvalue weighted by atomic mass is 16.6. The molecule has 0 aromatic rings. The van der Waals surface area contributed by atoms with E-state index in [1.165, 1.54) is 0 Å². The lowest BCUT2D eigenvalue weighted by molar-refractivity contribution is -0.157. The molecule has 228 valence electrons. The van der Waals surface area contributed by atoms with Gasteiger partial charge in [0.05, 0.1) is 65.4 Å². The molecule has 0 aliphatic heterocycles. The largest absolute Gasteiger partial charge is 0.460 e. The first-order valence-electron chi connectivity index (χ1n) is 13.2. The van der Waals surface area contributed by atoms with Crippen LogP contribution in [0.15, 0.2) is 0 Å². The quantitative estimate of drug-likeness (QED) is 0.152. The van der Waals surface area contributed by atoms with Crippen molar-refractivity contribution in [1.29, 1.82) is 0 Å². The van der Waals surface area contributed by atoms with E-state index in [-0.39, 0.29) is 65.4 Å². The summed E-state index contributed by atoms with van der Waals surface area (Å²) >= 11 is 0. The molecular weight excluding hydrogens is 512 g/mol. The molecule has 39 heavy (non-hydrogen) atoms. The van der Waals surface area contributed by atoms with Gasteiger partial charge in [0.15, 0.2) is 0 Å². The Morgan fingerprint density at radius 1 is 0.564 bits per heavy atom. The number of ether oxygens (including phenoxy) is 6. The van der Waals surface area contributed by atoms with Gasteiger partial charge < -0.3 is 39.5 Å². The SMILES string of the molecule is CC(C)(C)OC(=O)CCOCC(COCCC(=O)OC(C)(C)C)(COCCC(=O)OC(C)(C)C)NC(=O)CN. The van der Waals surface area contributed by atoms with Crippen LogP contribution in [0.4, 0.5) is 0 Å². The van der Waals surface area contributed by atoms with Crippen molar-refractivity contribution in [2.75, 3.05) is 46.2 Å². The number of hydrogen-bond acceptors (Lipinski definition) is 11. The van der Waals surface area contributed by atoms with E-state index in [1.54, 1.807) is 62.3 Å². The van der Waals surface area contributed by atoms with E-state index in [4.69, 9.17) is 34.2 Å². The molecule has 0 atom stereocenters. The zero-order valence-electron chi connectivity index (χ0n) is 25.2. The summed E-state index contributed by atoms with van der Waals surface area (Å²) < 4.78 is 33.0. The molecule has 0 aliphatic rings. The average molecular weight is 563 g/mol. The second-order valence-corrected chi connectivity index (χ2v) is 12.2. The van der Waals surface area contributed by atoms with Gasteiger partial charge in [-0.3, -0.25) is 19.2 Å². The van der Waals surface area contributed by atoms with E-state index >= 15 is 0 Å². The molecule has 0 unspecified atom stereocenters. The number of carbonyl (C=O) groups excluding carboxylic acids is 4. The minimum Gasteiger partial charge on any atom is -0.460 e. The van der Waals surface area contributed by atoms with Crippen LogP contribution in [0.1, 0.15) is 81.6 Å². The van der Waals surface area contributed by atoms with E-state index in [9.17, 15) is 19.2 Å². The number of rotatable bonds is 17. The first kappa shape index (κ1) is 36.7. The smallest absolute Gasteiger partial charge is 0.308 e. The van der Waals surface area contributed by atoms with Crippen molar-refractivity contribution in [3.63, 3.8) is 0 Å². The third-order valence-corrected chi connectivity index (χ3v) is 4.34. The maximum atomic E-state index is 12.3. The van der Waals surface area contributed by atoms with E-state index in [0.29, 0.717) is 0 Å². The average Bonchev–Trinajstić information content (AvgIpc) is 2.73. The zero-order chi connectivity index (χ0) is 30.3. The molecule has 3 N–H and O–H groups in total. The van der Waals surface area contributed by atoms with Crippen LogP contribution in [0, 0.1) is 0 Å². The number of nitrogens with one attached hydrogen (secondary N) is 1. The Morgan fingerprint density at radius 2 is 0.846 bits per heavy atom. The first-order chi connectivity index (χ1) is 17.8. The summed E-state index contributed by atoms with van der Waals surface area (Å²) in [5.41, 5.74) is 2.43. The van der Waals surface area contributed by atoms with Crippen molar-refractivity contribution in [3.8, 4) is 0 Å². The lowest BCUT2D eigenvalue weighted by Crippen LogP contribution is -2.59. The molecule has 0 aliphatic carbocycles. The van der Waals surface area contributed by atoms with Gasteiger partial charge in [0.25, 0.3) is 0 Å². The third-order valence-electron chi connectivity index (χ3n) is 4.34. The van der Waals surface area contributed by atoms with E-state index in [2.05, 4.69) is 5.32 Å². The molecule has 0 rings (SSSR count). The minimum atomic E-state index is -1.22. The number of carbonyl (C=O) groups is 4. The van der Waals surface area contributed by atoms with Crippen LogP contribution in [0.2, 0.25) is 0 Å². The summed E-state index contributed by atoms with van der Waals surface area (Å²) in [5, 5.41) is 2.77. The van der Waals surface area contributed by atoms with E-state index in [0.717, 1.165) is 0 Å². The molecule has 0 saturated carbocycles. The molecule has 0 aromatic heterocycles. The fraction of sp³-hybridized carbons (Fsp3) is 0.852. The standard InChI is InChI=1S/C27H50N2O10/c1-24(2,3)37-21(31)10-13-34-17-27(29-20(30)16-28,18-35-14-11-22(32)38-25(4,5)6)19-36-15-12-23(33)39-26(7,8)9/h10-19,28H2,1-9H3,(H,29,30). The monoisotopic (exact) mass is 562 g/mol. The van der Waals surface area contributed by atoms with Gasteiger partial charge in [-0.2, -0.15) is 0 Å². The van der Waals surface area contributed by atoms with Crippen LogP contribution >= 0.6 is 0 Å². The highest BCUT2D eigenvalue weighted by Gasteiger charge is 2.34. The Labute approximate surface area is 232 Å². The van der Waals surface area contributed by atoms with Crippen LogP contribution in [-0.4, -0.2) is 92.3 Å². The number of esters is 3. The van der Waals surface area contributed by atoms with Gasteiger partial charge in [0, 0.05) is 0 Å². The molecule has 0 bridgehead atoms. The summed E-state index contributed by atoms with van der Waals surface area (Å²) in [6.45, 7) is 15.4. The topological polar surface area (TPSA) is 162 Å². The van der Waals surface area contributed by atoms with Gasteiger partial charge >= 0.3 is 17.9 Å². The van der Waals surface area contributed by atoms with Gasteiger partial charge in [-0.15, -0.1) is 0 Å². The van der Waals surface area contributed by atoms with Gasteiger partial charge in [-0.05, 0) is 62.3 Å². The summed E-state index contributed by atoms with van der Waals surface area (Å²) in [7, 11) is 0. The third kappa shape index (κ3) is 21.2. The summed E-state index contributed by atoms with van der Waals surface area (Å²) in [4.78, 5) is 48.4. The molecule has 0 aromatic carbocycles. The Balaban J connectivity index is 5.29. The molecular formula is C27H50N2O10. The molecule has 0 heterocycles. The molecule has 12 heteroatoms. The molecule has 0 fully saturated rings. The highest BCUT2D eigenvalue weighted by molar-refractivity contribution is 5.78. The molecule has 0 saturated heterocycles. The Kier molecular flexibility index (Phi) is 15.8. The van der Waals surface area contributed by atoms with Crippen LogP contribution in [0.25, 0.3) is 0 Å². The predicted octanol–water partition coefficient (Wildman–Crippen LogP) is 2.05. The van der Waals surface area contributed by atoms with Gasteiger partial charge in [0.1, 0.15) is 22.3 Å². The Hall–Kier alpha value is -2.28. The van der Waals surface area contributed by atoms with Crippen LogP contribution in [0.5, 0.6) is 0 Å². The molecule has 1 amide bonds. The summed E-state index contributed by atoms with van der Waals surface area (Å²) in [5.74, 6) is -1.78. The maximum Gasteiger partial charge on any atom is 0.308 e. The number of nitrogens with two attached hydrogens (primary N) is 1. The highest BCUT2D eigenvalue weighted by Crippen LogP contribution is 2.14. The van der Waals surface area contributed by atoms with Gasteiger partial charge in [-0.1, -0.05) is 0 Å². The fourth-order valence-electron chi connectivity index (χ4n) is 3.03. The lowest BCUT2D eigenvalue weighted by atomic mass is 10.0. The van der Waals surface area contributed by atoms with E-state index < -0.39 is 46.2 Å². The Morgan fingerprint density at radius 3 is 1.08 bits per heavy atom. The number of amides is 1. The van der Waals surface area contributed by atoms with Crippen molar-refractivity contribution in [2.45, 2.75) is 104 Å². The Bertz CT molecular complexity index is 691. The molecule has 0 spiro atoms. The van der Waals surface area contributed by atoms with Crippen LogP contribution in [0.3, 0.4) is 0 Å². The molecule has 0 radical (unpaired) electrons. The van der Waals surface area contributed by atoms with Crippen LogP contribution < -0.4 is 11.1 Å². The minimum absolute atomic E-state index is 0.00279. The normalized spacial score (nSPS) is 12.6. The second kappa shape index (κ2) is 16.7. The molecule has 12 nitrogen and oxygen atoms in total. The number of hydrogen-bond donors (Lipinski definition) is 2.